The first-order valence-electron chi connectivity index (χ1n) is 7.82. The first kappa shape index (κ1) is 21.7. The second-order valence-electron chi connectivity index (χ2n) is 6.18. The molecule has 1 nitrogen and oxygen atoms in total. The maximum Gasteiger partial charge on any atom is 3.00 e. The van der Waals surface area contributed by atoms with Gasteiger partial charge in [0.2, 0.25) is 0 Å². The first-order valence-corrected chi connectivity index (χ1v) is 7.82. The van der Waals surface area contributed by atoms with Crippen molar-refractivity contribution in [1.29, 1.82) is 0 Å². The van der Waals surface area contributed by atoms with Crippen molar-refractivity contribution in [3.05, 3.63) is 89.1 Å². The van der Waals surface area contributed by atoms with Crippen LogP contribution >= 0.6 is 0 Å². The average Bonchev–Trinajstić information content (AvgIpc) is 2.94. The van der Waals surface area contributed by atoms with E-state index in [1.165, 1.54) is 27.6 Å². The molecule has 127 valence electrons. The summed E-state index contributed by atoms with van der Waals surface area (Å²) in [6.07, 6.45) is 5.52. The van der Waals surface area contributed by atoms with Gasteiger partial charge in [0.15, 0.2) is 0 Å². The molecule has 1 aliphatic carbocycles. The molecule has 0 N–H and O–H groups in total. The van der Waals surface area contributed by atoms with Gasteiger partial charge in [0.1, 0.15) is 0 Å². The van der Waals surface area contributed by atoms with Crippen LogP contribution < -0.4 is 24.8 Å². The number of halogens is 2. The van der Waals surface area contributed by atoms with E-state index in [2.05, 4.69) is 73.4 Å². The Kier molecular flexibility index (Phi) is 7.72. The van der Waals surface area contributed by atoms with Gasteiger partial charge in [-0.1, -0.05) is 44.2 Å². The normalized spacial score (nSPS) is 14.8. The first-order chi connectivity index (χ1) is 10.8. The van der Waals surface area contributed by atoms with Gasteiger partial charge in [0.05, 0.1) is 5.52 Å². The number of pyridine rings is 1. The molecular formula is C21H18Cl2CrN. The third-order valence-corrected chi connectivity index (χ3v) is 4.46. The zero-order valence-electron chi connectivity index (χ0n) is 14.0. The van der Waals surface area contributed by atoms with Crippen LogP contribution in [0.1, 0.15) is 36.5 Å². The zero-order valence-corrected chi connectivity index (χ0v) is 16.8. The van der Waals surface area contributed by atoms with E-state index < -0.39 is 0 Å². The number of para-hydroxylation sites is 1. The van der Waals surface area contributed by atoms with Gasteiger partial charge in [-0.2, -0.15) is 17.7 Å². The maximum atomic E-state index is 4.65. The molecule has 0 saturated heterocycles. The number of nitrogens with zero attached hydrogens (tertiary/aromatic N) is 1. The third-order valence-electron chi connectivity index (χ3n) is 4.46. The largest absolute Gasteiger partial charge is 3.00 e. The van der Waals surface area contributed by atoms with Crippen LogP contribution in [0.2, 0.25) is 0 Å². The SMILES string of the molecule is CC(C)C1=[C-]c2ccccc2C1c1cccc2cccnc12.[Cl-].[Cl-].[Cr+3]. The number of benzene rings is 2. The maximum absolute atomic E-state index is 4.65. The van der Waals surface area contributed by atoms with Crippen molar-refractivity contribution in [3.8, 4) is 0 Å². The molecule has 0 saturated carbocycles. The Morgan fingerprint density at radius 2 is 1.56 bits per heavy atom. The molecule has 1 heterocycles. The van der Waals surface area contributed by atoms with Crippen LogP contribution in [0.15, 0.2) is 66.4 Å². The fraction of sp³-hybridized carbons (Fsp3) is 0.190. The minimum absolute atomic E-state index is 0. The summed E-state index contributed by atoms with van der Waals surface area (Å²) < 4.78 is 0. The van der Waals surface area contributed by atoms with Crippen molar-refractivity contribution in [2.24, 2.45) is 5.92 Å². The smallest absolute Gasteiger partial charge is 1.00 e. The molecule has 2 aromatic carbocycles. The molecule has 4 rings (SSSR count). The van der Waals surface area contributed by atoms with Gasteiger partial charge >= 0.3 is 17.4 Å². The van der Waals surface area contributed by atoms with Crippen LogP contribution in [0.5, 0.6) is 0 Å². The molecule has 0 spiro atoms. The van der Waals surface area contributed by atoms with Crippen LogP contribution in [-0.4, -0.2) is 4.98 Å². The van der Waals surface area contributed by atoms with Gasteiger partial charge in [0.25, 0.3) is 0 Å². The quantitative estimate of drug-likeness (QED) is 0.503. The third kappa shape index (κ3) is 3.78. The van der Waals surface area contributed by atoms with Crippen molar-refractivity contribution < 1.29 is 42.2 Å². The van der Waals surface area contributed by atoms with Crippen molar-refractivity contribution in [2.45, 2.75) is 19.8 Å². The Labute approximate surface area is 172 Å². The zero-order chi connectivity index (χ0) is 15.1. The van der Waals surface area contributed by atoms with E-state index in [0.717, 1.165) is 5.52 Å². The Bertz CT molecular complexity index is 884. The van der Waals surface area contributed by atoms with Crippen LogP contribution in [0.25, 0.3) is 10.9 Å². The molecule has 1 unspecified atom stereocenters. The Balaban J connectivity index is 0.00000104. The van der Waals surface area contributed by atoms with Gasteiger partial charge < -0.3 is 24.8 Å². The molecule has 1 aliphatic rings. The minimum Gasteiger partial charge on any atom is -1.00 e. The van der Waals surface area contributed by atoms with Crippen LogP contribution in [-0.2, 0) is 17.4 Å². The van der Waals surface area contributed by atoms with Crippen LogP contribution in [0.4, 0.5) is 0 Å². The molecule has 25 heavy (non-hydrogen) atoms. The van der Waals surface area contributed by atoms with Crippen LogP contribution in [0.3, 0.4) is 0 Å². The van der Waals surface area contributed by atoms with E-state index >= 15 is 0 Å². The van der Waals surface area contributed by atoms with Gasteiger partial charge in [-0.15, -0.1) is 23.3 Å². The number of hydrogen-bond acceptors (Lipinski definition) is 1. The van der Waals surface area contributed by atoms with Gasteiger partial charge in [-0.25, -0.2) is 0 Å². The molecule has 4 heteroatoms. The molecule has 0 fully saturated rings. The Morgan fingerprint density at radius 1 is 0.880 bits per heavy atom. The molecule has 1 aromatic heterocycles. The van der Waals surface area contributed by atoms with Crippen molar-refractivity contribution in [2.75, 3.05) is 0 Å². The topological polar surface area (TPSA) is 12.9 Å². The second-order valence-corrected chi connectivity index (χ2v) is 6.18. The molecule has 0 aliphatic heterocycles. The van der Waals surface area contributed by atoms with Crippen LogP contribution in [0, 0.1) is 12.0 Å². The van der Waals surface area contributed by atoms with E-state index in [1.54, 1.807) is 0 Å². The van der Waals surface area contributed by atoms with E-state index in [9.17, 15) is 0 Å². The molecule has 0 amide bonds. The predicted octanol–water partition coefficient (Wildman–Crippen LogP) is -0.881. The Morgan fingerprint density at radius 3 is 2.32 bits per heavy atom. The van der Waals surface area contributed by atoms with Crippen molar-refractivity contribution in [3.63, 3.8) is 0 Å². The summed E-state index contributed by atoms with van der Waals surface area (Å²) in [6, 6.07) is 19.2. The number of allylic oxidation sites excluding steroid dienone is 1. The number of rotatable bonds is 2. The predicted molar refractivity (Wildman–Crippen MR) is 90.7 cm³/mol. The molecule has 3 aromatic rings. The number of fused-ring (bicyclic) bond motifs is 2. The summed E-state index contributed by atoms with van der Waals surface area (Å²) >= 11 is 0. The average molecular weight is 407 g/mol. The molecule has 0 bridgehead atoms. The van der Waals surface area contributed by atoms with Gasteiger partial charge in [-0.05, 0) is 23.5 Å². The standard InChI is InChI=1S/C21H18N.2ClH.Cr/c1-14(2)19-13-16-7-3-4-10-17(16)20(19)18-11-5-8-15-9-6-12-22-21(15)18;;;/h3-12,14,20H,1-2H3;2*1H;/q-1;;;+3/p-2. The van der Waals surface area contributed by atoms with Crippen molar-refractivity contribution >= 4 is 10.9 Å². The number of hydrogen-bond donors (Lipinski definition) is 0. The van der Waals surface area contributed by atoms with E-state index in [4.69, 9.17) is 0 Å². The Hall–Kier alpha value is -1.30. The summed E-state index contributed by atoms with van der Waals surface area (Å²) in [5, 5.41) is 1.20. The summed E-state index contributed by atoms with van der Waals surface area (Å²) in [5.74, 6) is 0.742. The van der Waals surface area contributed by atoms with Gasteiger partial charge in [-0.3, -0.25) is 4.98 Å². The monoisotopic (exact) mass is 406 g/mol. The molecule has 1 atom stereocenters. The summed E-state index contributed by atoms with van der Waals surface area (Å²) in [5.41, 5.74) is 6.33. The minimum atomic E-state index is 0. The molecule has 1 radical (unpaired) electrons. The van der Waals surface area contributed by atoms with E-state index in [-0.39, 0.29) is 48.1 Å². The molecular weight excluding hydrogens is 389 g/mol. The number of aromatic nitrogens is 1. The van der Waals surface area contributed by atoms with Gasteiger partial charge in [0, 0.05) is 11.6 Å². The summed E-state index contributed by atoms with van der Waals surface area (Å²) in [4.78, 5) is 4.65. The van der Waals surface area contributed by atoms with E-state index in [1.807, 2.05) is 12.3 Å². The summed E-state index contributed by atoms with van der Waals surface area (Å²) in [7, 11) is 0. The summed E-state index contributed by atoms with van der Waals surface area (Å²) in [6.45, 7) is 4.50. The van der Waals surface area contributed by atoms with E-state index in [0.29, 0.717) is 5.92 Å². The fourth-order valence-electron chi connectivity index (χ4n) is 3.43. The van der Waals surface area contributed by atoms with Crippen molar-refractivity contribution in [1.82, 2.24) is 4.98 Å². The fourth-order valence-corrected chi connectivity index (χ4v) is 3.43. The second kappa shape index (κ2) is 8.88.